The molecule has 2 fully saturated rings. The van der Waals surface area contributed by atoms with Gasteiger partial charge in [0.15, 0.2) is 0 Å². The number of likely N-dealkylation sites (tertiary alicyclic amines) is 1. The van der Waals surface area contributed by atoms with Crippen LogP contribution in [0.5, 0.6) is 0 Å². The molecule has 5 heteroatoms. The highest BCUT2D eigenvalue weighted by molar-refractivity contribution is 5.94. The normalized spacial score (nSPS) is 21.4. The molecule has 0 radical (unpaired) electrons. The minimum absolute atomic E-state index is 0.0180. The van der Waals surface area contributed by atoms with Gasteiger partial charge in [0.1, 0.15) is 0 Å². The SMILES string of the molecule is CCNC(=O)N1CCCC(c2cccc(C(=O)NC3CCCCCC3)c2)C1. The van der Waals surface area contributed by atoms with Crippen molar-refractivity contribution in [2.45, 2.75) is 70.3 Å². The van der Waals surface area contributed by atoms with Crippen LogP contribution in [-0.2, 0) is 0 Å². The van der Waals surface area contributed by atoms with Crippen molar-refractivity contribution in [2.75, 3.05) is 19.6 Å². The number of hydrogen-bond donors (Lipinski definition) is 2. The lowest BCUT2D eigenvalue weighted by Crippen LogP contribution is -2.44. The van der Waals surface area contributed by atoms with Gasteiger partial charge < -0.3 is 15.5 Å². The first kappa shape index (κ1) is 19.7. The van der Waals surface area contributed by atoms with E-state index in [2.05, 4.69) is 16.7 Å². The molecule has 1 aliphatic carbocycles. The Hall–Kier alpha value is -2.04. The van der Waals surface area contributed by atoms with Crippen molar-refractivity contribution in [1.29, 1.82) is 0 Å². The standard InChI is InChI=1S/C22H33N3O2/c1-2-23-22(27)25-14-8-11-19(16-25)17-9-7-10-18(15-17)21(26)24-20-12-5-3-4-6-13-20/h7,9-10,15,19-20H,2-6,8,11-14,16H2,1H3,(H,23,27)(H,24,26). The fourth-order valence-electron chi connectivity index (χ4n) is 4.32. The van der Waals surface area contributed by atoms with Crippen LogP contribution in [-0.4, -0.2) is 42.5 Å². The fourth-order valence-corrected chi connectivity index (χ4v) is 4.32. The van der Waals surface area contributed by atoms with Gasteiger partial charge in [0.2, 0.25) is 0 Å². The molecule has 1 atom stereocenters. The smallest absolute Gasteiger partial charge is 0.317 e. The zero-order chi connectivity index (χ0) is 19.1. The summed E-state index contributed by atoms with van der Waals surface area (Å²) in [7, 11) is 0. The van der Waals surface area contributed by atoms with Gasteiger partial charge in [0, 0.05) is 37.2 Å². The van der Waals surface area contributed by atoms with Gasteiger partial charge in [-0.15, -0.1) is 0 Å². The molecule has 0 aromatic heterocycles. The lowest BCUT2D eigenvalue weighted by Gasteiger charge is -2.33. The molecule has 1 aromatic carbocycles. The number of benzene rings is 1. The highest BCUT2D eigenvalue weighted by Crippen LogP contribution is 2.27. The number of amides is 3. The number of carbonyl (C=O) groups is 2. The number of piperidine rings is 1. The number of carbonyl (C=O) groups excluding carboxylic acids is 2. The van der Waals surface area contributed by atoms with Crippen molar-refractivity contribution < 1.29 is 9.59 Å². The van der Waals surface area contributed by atoms with Crippen LogP contribution in [0.2, 0.25) is 0 Å². The predicted octanol–water partition coefficient (Wildman–Crippen LogP) is 4.05. The van der Waals surface area contributed by atoms with Crippen molar-refractivity contribution in [1.82, 2.24) is 15.5 Å². The molecule has 1 heterocycles. The zero-order valence-electron chi connectivity index (χ0n) is 16.5. The first-order valence-electron chi connectivity index (χ1n) is 10.6. The summed E-state index contributed by atoms with van der Waals surface area (Å²) in [5.74, 6) is 0.340. The van der Waals surface area contributed by atoms with Crippen molar-refractivity contribution in [3.05, 3.63) is 35.4 Å². The maximum Gasteiger partial charge on any atom is 0.317 e. The number of nitrogens with zero attached hydrogens (tertiary/aromatic N) is 1. The first-order chi connectivity index (χ1) is 13.2. The summed E-state index contributed by atoms with van der Waals surface area (Å²) in [5, 5.41) is 6.13. The topological polar surface area (TPSA) is 61.4 Å². The van der Waals surface area contributed by atoms with E-state index in [1.807, 2.05) is 30.0 Å². The van der Waals surface area contributed by atoms with Crippen LogP contribution in [0.4, 0.5) is 4.79 Å². The monoisotopic (exact) mass is 371 g/mol. The van der Waals surface area contributed by atoms with Gasteiger partial charge in [-0.3, -0.25) is 4.79 Å². The van der Waals surface area contributed by atoms with Crippen LogP contribution < -0.4 is 10.6 Å². The van der Waals surface area contributed by atoms with E-state index in [9.17, 15) is 9.59 Å². The van der Waals surface area contributed by atoms with E-state index in [-0.39, 0.29) is 11.9 Å². The molecule has 0 spiro atoms. The third-order valence-corrected chi connectivity index (χ3v) is 5.85. The van der Waals surface area contributed by atoms with Crippen LogP contribution in [0.1, 0.15) is 80.1 Å². The second kappa shape index (κ2) is 9.77. The zero-order valence-corrected chi connectivity index (χ0v) is 16.5. The van der Waals surface area contributed by atoms with E-state index < -0.39 is 0 Å². The Morgan fingerprint density at radius 1 is 1.07 bits per heavy atom. The molecule has 3 amide bonds. The van der Waals surface area contributed by atoms with Crippen LogP contribution in [0.15, 0.2) is 24.3 Å². The van der Waals surface area contributed by atoms with Crippen molar-refractivity contribution in [2.24, 2.45) is 0 Å². The summed E-state index contributed by atoms with van der Waals surface area (Å²) >= 11 is 0. The molecule has 0 bridgehead atoms. The van der Waals surface area contributed by atoms with Crippen LogP contribution >= 0.6 is 0 Å². The number of nitrogens with one attached hydrogen (secondary N) is 2. The van der Waals surface area contributed by atoms with Gasteiger partial charge in [0.05, 0.1) is 0 Å². The molecule has 1 aromatic rings. The molecule has 1 saturated heterocycles. The maximum absolute atomic E-state index is 12.7. The van der Waals surface area contributed by atoms with E-state index in [4.69, 9.17) is 0 Å². The number of rotatable bonds is 4. The van der Waals surface area contributed by atoms with Gasteiger partial charge in [-0.25, -0.2) is 4.79 Å². The Morgan fingerprint density at radius 2 is 1.85 bits per heavy atom. The largest absolute Gasteiger partial charge is 0.349 e. The van der Waals surface area contributed by atoms with Crippen molar-refractivity contribution in [3.63, 3.8) is 0 Å². The highest BCUT2D eigenvalue weighted by atomic mass is 16.2. The Bertz CT molecular complexity index is 638. The fraction of sp³-hybridized carbons (Fsp3) is 0.636. The Labute approximate surface area is 162 Å². The summed E-state index contributed by atoms with van der Waals surface area (Å²) in [6.07, 6.45) is 9.23. The van der Waals surface area contributed by atoms with E-state index in [0.717, 1.165) is 49.9 Å². The average molecular weight is 372 g/mol. The van der Waals surface area contributed by atoms with Gasteiger partial charge in [-0.1, -0.05) is 37.8 Å². The predicted molar refractivity (Wildman–Crippen MR) is 108 cm³/mol. The molecule has 3 rings (SSSR count). The first-order valence-corrected chi connectivity index (χ1v) is 10.6. The lowest BCUT2D eigenvalue weighted by molar-refractivity contribution is 0.0933. The van der Waals surface area contributed by atoms with Crippen molar-refractivity contribution in [3.8, 4) is 0 Å². The third-order valence-electron chi connectivity index (χ3n) is 5.85. The second-order valence-electron chi connectivity index (χ2n) is 7.91. The van der Waals surface area contributed by atoms with Crippen molar-refractivity contribution >= 4 is 11.9 Å². The van der Waals surface area contributed by atoms with Gasteiger partial charge in [-0.2, -0.15) is 0 Å². The lowest BCUT2D eigenvalue weighted by atomic mass is 9.89. The van der Waals surface area contributed by atoms with Gasteiger partial charge >= 0.3 is 6.03 Å². The highest BCUT2D eigenvalue weighted by Gasteiger charge is 2.25. The summed E-state index contributed by atoms with van der Waals surface area (Å²) in [6, 6.07) is 8.32. The summed E-state index contributed by atoms with van der Waals surface area (Å²) in [4.78, 5) is 26.8. The third kappa shape index (κ3) is 5.47. The van der Waals surface area contributed by atoms with Crippen LogP contribution in [0, 0.1) is 0 Å². The van der Waals surface area contributed by atoms with E-state index in [1.54, 1.807) is 0 Å². The summed E-state index contributed by atoms with van der Waals surface area (Å²) in [5.41, 5.74) is 1.91. The Morgan fingerprint density at radius 3 is 2.59 bits per heavy atom. The van der Waals surface area contributed by atoms with Gasteiger partial charge in [0.25, 0.3) is 5.91 Å². The molecule has 148 valence electrons. The second-order valence-corrected chi connectivity index (χ2v) is 7.91. The molecule has 27 heavy (non-hydrogen) atoms. The Kier molecular flexibility index (Phi) is 7.13. The van der Waals surface area contributed by atoms with Crippen LogP contribution in [0.3, 0.4) is 0 Å². The molecule has 1 saturated carbocycles. The van der Waals surface area contributed by atoms with Gasteiger partial charge in [-0.05, 0) is 50.3 Å². The quantitative estimate of drug-likeness (QED) is 0.785. The molecular weight excluding hydrogens is 338 g/mol. The Balaban J connectivity index is 1.63. The molecule has 5 nitrogen and oxygen atoms in total. The minimum atomic E-state index is 0.0180. The molecule has 2 N–H and O–H groups in total. The molecular formula is C22H33N3O2. The molecule has 2 aliphatic rings. The number of hydrogen-bond acceptors (Lipinski definition) is 2. The summed E-state index contributed by atoms with van der Waals surface area (Å²) in [6.45, 7) is 4.12. The number of urea groups is 1. The van der Waals surface area contributed by atoms with E-state index in [1.165, 1.54) is 25.7 Å². The average Bonchev–Trinajstić information content (AvgIpc) is 2.97. The molecule has 1 unspecified atom stereocenters. The van der Waals surface area contributed by atoms with E-state index in [0.29, 0.717) is 18.5 Å². The van der Waals surface area contributed by atoms with E-state index >= 15 is 0 Å². The summed E-state index contributed by atoms with van der Waals surface area (Å²) < 4.78 is 0. The maximum atomic E-state index is 12.7. The molecule has 1 aliphatic heterocycles. The minimum Gasteiger partial charge on any atom is -0.349 e. The van der Waals surface area contributed by atoms with Crippen LogP contribution in [0.25, 0.3) is 0 Å².